The van der Waals surface area contributed by atoms with Gasteiger partial charge < -0.3 is 4.74 Å². The minimum Gasteiger partial charge on any atom is -0.424 e. The SMILES string of the molecule is CC(=O)OC1=CN(C(C)C)S(=O)(=O)c2ccccc21. The second-order valence-corrected chi connectivity index (χ2v) is 6.32. The van der Waals surface area contributed by atoms with Gasteiger partial charge in [0.25, 0.3) is 10.0 Å². The van der Waals surface area contributed by atoms with Crippen molar-refractivity contribution in [1.82, 2.24) is 4.31 Å². The maximum Gasteiger partial charge on any atom is 0.308 e. The van der Waals surface area contributed by atoms with Gasteiger partial charge in [-0.1, -0.05) is 12.1 Å². The molecule has 0 saturated carbocycles. The zero-order valence-electron chi connectivity index (χ0n) is 11.0. The lowest BCUT2D eigenvalue weighted by molar-refractivity contribution is -0.134. The summed E-state index contributed by atoms with van der Waals surface area (Å²) in [5.74, 6) is -0.226. The van der Waals surface area contributed by atoms with Crippen LogP contribution in [0.3, 0.4) is 0 Å². The number of rotatable bonds is 2. The second kappa shape index (κ2) is 4.70. The van der Waals surface area contributed by atoms with E-state index in [9.17, 15) is 13.2 Å². The van der Waals surface area contributed by atoms with Crippen LogP contribution in [0.15, 0.2) is 35.4 Å². The zero-order valence-corrected chi connectivity index (χ0v) is 11.8. The quantitative estimate of drug-likeness (QED) is 0.777. The summed E-state index contributed by atoms with van der Waals surface area (Å²) in [6.07, 6.45) is 1.36. The number of carbonyl (C=O) groups excluding carboxylic acids is 1. The molecule has 0 aliphatic carbocycles. The molecule has 1 aliphatic rings. The topological polar surface area (TPSA) is 63.7 Å². The highest BCUT2D eigenvalue weighted by molar-refractivity contribution is 7.89. The van der Waals surface area contributed by atoms with E-state index in [1.807, 2.05) is 0 Å². The molecule has 102 valence electrons. The van der Waals surface area contributed by atoms with E-state index >= 15 is 0 Å². The van der Waals surface area contributed by atoms with Gasteiger partial charge in [0.05, 0.1) is 11.1 Å². The molecule has 19 heavy (non-hydrogen) atoms. The Morgan fingerprint density at radius 2 is 1.89 bits per heavy atom. The third-order valence-electron chi connectivity index (χ3n) is 2.72. The molecule has 0 amide bonds. The molecule has 0 N–H and O–H groups in total. The van der Waals surface area contributed by atoms with Gasteiger partial charge in [0.1, 0.15) is 0 Å². The molecule has 0 aromatic heterocycles. The molecule has 0 unspecified atom stereocenters. The molecule has 0 fully saturated rings. The minimum absolute atomic E-state index is 0.155. The Balaban J connectivity index is 2.65. The fourth-order valence-corrected chi connectivity index (χ4v) is 3.64. The Kier molecular flexibility index (Phi) is 3.36. The van der Waals surface area contributed by atoms with Crippen molar-refractivity contribution in [2.24, 2.45) is 0 Å². The van der Waals surface area contributed by atoms with Crippen LogP contribution in [-0.2, 0) is 19.6 Å². The molecule has 1 aromatic carbocycles. The summed E-state index contributed by atoms with van der Waals surface area (Å²) in [5.41, 5.74) is 0.412. The normalized spacial score (nSPS) is 16.8. The third-order valence-corrected chi connectivity index (χ3v) is 4.71. The highest BCUT2D eigenvalue weighted by Crippen LogP contribution is 2.33. The van der Waals surface area contributed by atoms with Crippen LogP contribution in [0.1, 0.15) is 26.3 Å². The van der Waals surface area contributed by atoms with E-state index in [0.717, 1.165) is 0 Å². The van der Waals surface area contributed by atoms with Gasteiger partial charge in [-0.25, -0.2) is 8.42 Å². The van der Waals surface area contributed by atoms with Crippen LogP contribution < -0.4 is 0 Å². The molecule has 0 radical (unpaired) electrons. The number of benzene rings is 1. The molecule has 1 aliphatic heterocycles. The van der Waals surface area contributed by atoms with Crippen molar-refractivity contribution in [2.45, 2.75) is 31.7 Å². The number of fused-ring (bicyclic) bond motifs is 1. The lowest BCUT2D eigenvalue weighted by Gasteiger charge is -2.30. The summed E-state index contributed by atoms with van der Waals surface area (Å²) < 4.78 is 31.1. The van der Waals surface area contributed by atoms with Gasteiger partial charge in [-0.15, -0.1) is 0 Å². The van der Waals surface area contributed by atoms with E-state index in [2.05, 4.69) is 0 Å². The number of carbonyl (C=O) groups is 1. The maximum atomic E-state index is 12.4. The molecule has 6 heteroatoms. The van der Waals surface area contributed by atoms with Gasteiger partial charge in [-0.2, -0.15) is 0 Å². The molecule has 1 heterocycles. The number of ether oxygens (including phenoxy) is 1. The summed E-state index contributed by atoms with van der Waals surface area (Å²) in [4.78, 5) is 11.3. The first-order chi connectivity index (χ1) is 8.84. The molecule has 5 nitrogen and oxygen atoms in total. The smallest absolute Gasteiger partial charge is 0.308 e. The summed E-state index contributed by atoms with van der Waals surface area (Å²) in [5, 5.41) is 0. The van der Waals surface area contributed by atoms with Crippen LogP contribution in [0.25, 0.3) is 5.76 Å². The van der Waals surface area contributed by atoms with Crippen molar-refractivity contribution in [3.05, 3.63) is 36.0 Å². The van der Waals surface area contributed by atoms with Gasteiger partial charge in [-0.05, 0) is 26.0 Å². The first-order valence-electron chi connectivity index (χ1n) is 5.87. The Morgan fingerprint density at radius 1 is 1.26 bits per heavy atom. The number of hydrogen-bond donors (Lipinski definition) is 0. The molecular weight excluding hydrogens is 266 g/mol. The Labute approximate surface area is 112 Å². The predicted molar refractivity (Wildman–Crippen MR) is 70.3 cm³/mol. The number of sulfonamides is 1. The first kappa shape index (κ1) is 13.6. The average molecular weight is 281 g/mol. The van der Waals surface area contributed by atoms with Crippen molar-refractivity contribution in [2.75, 3.05) is 0 Å². The van der Waals surface area contributed by atoms with Crippen molar-refractivity contribution < 1.29 is 17.9 Å². The lowest BCUT2D eigenvalue weighted by Crippen LogP contribution is -2.35. The van der Waals surface area contributed by atoms with Crippen molar-refractivity contribution in [3.8, 4) is 0 Å². The molecule has 0 saturated heterocycles. The van der Waals surface area contributed by atoms with Gasteiger partial charge in [0.2, 0.25) is 0 Å². The fraction of sp³-hybridized carbons (Fsp3) is 0.308. The number of nitrogens with zero attached hydrogens (tertiary/aromatic N) is 1. The zero-order chi connectivity index (χ0) is 14.2. The highest BCUT2D eigenvalue weighted by Gasteiger charge is 2.33. The Hall–Kier alpha value is -1.82. The molecule has 2 rings (SSSR count). The van der Waals surface area contributed by atoms with E-state index in [4.69, 9.17) is 4.74 Å². The standard InChI is InChI=1S/C13H15NO4S/c1-9(2)14-8-12(18-10(3)15)11-6-4-5-7-13(11)19(14,16)17/h4-9H,1-3H3. The average Bonchev–Trinajstić information content (AvgIpc) is 2.32. The minimum atomic E-state index is -3.59. The third kappa shape index (κ3) is 2.35. The molecular formula is C13H15NO4S. The largest absolute Gasteiger partial charge is 0.424 e. The molecule has 0 bridgehead atoms. The van der Waals surface area contributed by atoms with Gasteiger partial charge in [0.15, 0.2) is 5.76 Å². The highest BCUT2D eigenvalue weighted by atomic mass is 32.2. The summed E-state index contributed by atoms with van der Waals surface area (Å²) in [6, 6.07) is 6.22. The number of hydrogen-bond acceptors (Lipinski definition) is 4. The number of esters is 1. The first-order valence-corrected chi connectivity index (χ1v) is 7.31. The van der Waals surface area contributed by atoms with E-state index in [0.29, 0.717) is 5.56 Å². The molecule has 0 spiro atoms. The summed E-state index contributed by atoms with van der Waals surface area (Å²) in [6.45, 7) is 4.80. The van der Waals surface area contributed by atoms with Crippen LogP contribution in [0.2, 0.25) is 0 Å². The molecule has 1 aromatic rings. The summed E-state index contributed by atoms with van der Waals surface area (Å²) in [7, 11) is -3.59. The van der Waals surface area contributed by atoms with Gasteiger partial charge in [0, 0.05) is 18.5 Å². The fourth-order valence-electron chi connectivity index (χ4n) is 1.93. The Morgan fingerprint density at radius 3 is 2.47 bits per heavy atom. The van der Waals surface area contributed by atoms with Crippen molar-refractivity contribution >= 4 is 21.8 Å². The van der Waals surface area contributed by atoms with E-state index in [-0.39, 0.29) is 16.7 Å². The van der Waals surface area contributed by atoms with E-state index < -0.39 is 16.0 Å². The Bertz CT molecular complexity index is 646. The van der Waals surface area contributed by atoms with Gasteiger partial charge >= 0.3 is 5.97 Å². The van der Waals surface area contributed by atoms with E-state index in [1.54, 1.807) is 32.0 Å². The van der Waals surface area contributed by atoms with Crippen LogP contribution in [0, 0.1) is 0 Å². The van der Waals surface area contributed by atoms with Crippen LogP contribution in [-0.4, -0.2) is 24.7 Å². The summed E-state index contributed by atoms with van der Waals surface area (Å²) >= 11 is 0. The molecule has 0 atom stereocenters. The van der Waals surface area contributed by atoms with Gasteiger partial charge in [-0.3, -0.25) is 9.10 Å². The lowest BCUT2D eigenvalue weighted by atomic mass is 10.2. The van der Waals surface area contributed by atoms with Crippen LogP contribution in [0.4, 0.5) is 0 Å². The van der Waals surface area contributed by atoms with Crippen LogP contribution >= 0.6 is 0 Å². The second-order valence-electron chi connectivity index (χ2n) is 4.51. The van der Waals surface area contributed by atoms with Crippen LogP contribution in [0.5, 0.6) is 0 Å². The van der Waals surface area contributed by atoms with Crippen molar-refractivity contribution in [3.63, 3.8) is 0 Å². The monoisotopic (exact) mass is 281 g/mol. The van der Waals surface area contributed by atoms with Crippen molar-refractivity contribution in [1.29, 1.82) is 0 Å². The predicted octanol–water partition coefficient (Wildman–Crippen LogP) is 1.96. The van der Waals surface area contributed by atoms with E-state index in [1.165, 1.54) is 23.5 Å². The maximum absolute atomic E-state index is 12.4.